The van der Waals surface area contributed by atoms with Crippen LogP contribution in [0.2, 0.25) is 0 Å². The summed E-state index contributed by atoms with van der Waals surface area (Å²) in [7, 11) is -10.3. The monoisotopic (exact) mass is 472 g/mol. The Balaban J connectivity index is 2.00. The maximum Gasteiger partial charge on any atom is 0.298 e. The fraction of sp³-hybridized carbons (Fsp3) is 0.125. The summed E-state index contributed by atoms with van der Waals surface area (Å²) in [6.45, 7) is 0. The van der Waals surface area contributed by atoms with Crippen LogP contribution < -0.4 is 0 Å². The van der Waals surface area contributed by atoms with Gasteiger partial charge in [0, 0.05) is 24.3 Å². The standard InChI is InChI=1S/C16H6F6O6S2/c17-5-1-7(19)11(8(20)2-5)13-15-16(30(25,26)27-13)14(28-29(15,23)24)12-9(21)3-6(18)4-10(12)22/h1-4,13-14H. The summed E-state index contributed by atoms with van der Waals surface area (Å²) in [4.78, 5) is -2.67. The molecule has 0 saturated heterocycles. The van der Waals surface area contributed by atoms with E-state index >= 15 is 0 Å². The number of halogens is 6. The summed E-state index contributed by atoms with van der Waals surface area (Å²) in [5.74, 6) is -9.50. The maximum atomic E-state index is 14.1. The van der Waals surface area contributed by atoms with E-state index in [0.29, 0.717) is 0 Å². The predicted molar refractivity (Wildman–Crippen MR) is 85.1 cm³/mol. The van der Waals surface area contributed by atoms with E-state index in [4.69, 9.17) is 0 Å². The van der Waals surface area contributed by atoms with Crippen LogP contribution in [0.1, 0.15) is 23.3 Å². The smallest absolute Gasteiger partial charge is 0.252 e. The SMILES string of the molecule is O=S1(=O)OC(c2c(F)cc(F)cc2F)C2=C1C(c1c(F)cc(F)cc1F)OS2(=O)=O. The van der Waals surface area contributed by atoms with Crippen molar-refractivity contribution in [2.45, 2.75) is 12.2 Å². The fourth-order valence-electron chi connectivity index (χ4n) is 3.18. The highest BCUT2D eigenvalue weighted by Crippen LogP contribution is 2.55. The van der Waals surface area contributed by atoms with Gasteiger partial charge in [-0.1, -0.05) is 0 Å². The molecule has 160 valence electrons. The largest absolute Gasteiger partial charge is 0.298 e. The molecule has 0 saturated carbocycles. The lowest BCUT2D eigenvalue weighted by molar-refractivity contribution is 0.234. The molecule has 2 aromatic rings. The van der Waals surface area contributed by atoms with Crippen LogP contribution in [0.3, 0.4) is 0 Å². The molecule has 0 fully saturated rings. The molecule has 2 unspecified atom stereocenters. The molecule has 2 aliphatic heterocycles. The number of hydrogen-bond acceptors (Lipinski definition) is 6. The zero-order chi connectivity index (χ0) is 22.2. The third-order valence-electron chi connectivity index (χ3n) is 4.32. The van der Waals surface area contributed by atoms with Crippen molar-refractivity contribution in [1.29, 1.82) is 0 Å². The lowest BCUT2D eigenvalue weighted by Crippen LogP contribution is -2.18. The third kappa shape index (κ3) is 3.02. The molecule has 0 spiro atoms. The zero-order valence-electron chi connectivity index (χ0n) is 14.0. The van der Waals surface area contributed by atoms with Crippen LogP contribution >= 0.6 is 0 Å². The van der Waals surface area contributed by atoms with Crippen molar-refractivity contribution in [2.75, 3.05) is 0 Å². The molecule has 0 radical (unpaired) electrons. The van der Waals surface area contributed by atoms with Crippen molar-refractivity contribution < 1.29 is 51.5 Å². The van der Waals surface area contributed by atoms with Gasteiger partial charge in [-0.2, -0.15) is 16.8 Å². The molecule has 2 atom stereocenters. The Kier molecular flexibility index (Phi) is 4.54. The molecule has 2 heterocycles. The second kappa shape index (κ2) is 6.54. The molecule has 0 aliphatic carbocycles. The fourth-order valence-corrected chi connectivity index (χ4v) is 6.57. The summed E-state index contributed by atoms with van der Waals surface area (Å²) in [5, 5.41) is 0. The number of hydrogen-bond donors (Lipinski definition) is 0. The number of benzene rings is 2. The predicted octanol–water partition coefficient (Wildman–Crippen LogP) is 3.24. The van der Waals surface area contributed by atoms with Gasteiger partial charge in [-0.15, -0.1) is 0 Å². The molecule has 2 aromatic carbocycles. The molecule has 0 bridgehead atoms. The van der Waals surface area contributed by atoms with Gasteiger partial charge in [0.15, 0.2) is 0 Å². The van der Waals surface area contributed by atoms with Crippen molar-refractivity contribution in [1.82, 2.24) is 0 Å². The highest BCUT2D eigenvalue weighted by atomic mass is 32.2. The van der Waals surface area contributed by atoms with E-state index in [0.717, 1.165) is 0 Å². The maximum absolute atomic E-state index is 14.1. The minimum Gasteiger partial charge on any atom is -0.252 e. The van der Waals surface area contributed by atoms with Crippen molar-refractivity contribution >= 4 is 20.2 Å². The van der Waals surface area contributed by atoms with E-state index in [1.54, 1.807) is 0 Å². The Morgan fingerprint density at radius 3 is 1.10 bits per heavy atom. The van der Waals surface area contributed by atoms with Crippen LogP contribution in [-0.4, -0.2) is 16.8 Å². The third-order valence-corrected chi connectivity index (χ3v) is 7.28. The highest BCUT2D eigenvalue weighted by Gasteiger charge is 2.58. The van der Waals surface area contributed by atoms with Crippen molar-refractivity contribution in [2.24, 2.45) is 0 Å². The average Bonchev–Trinajstić information content (AvgIpc) is 2.99. The summed E-state index contributed by atoms with van der Waals surface area (Å²) in [6, 6.07) is 0.580. The first-order valence-corrected chi connectivity index (χ1v) is 10.5. The van der Waals surface area contributed by atoms with Gasteiger partial charge in [0.25, 0.3) is 20.2 Å². The van der Waals surface area contributed by atoms with Gasteiger partial charge in [0.1, 0.15) is 56.9 Å². The normalized spacial score (nSPS) is 24.3. The molecular weight excluding hydrogens is 466 g/mol. The van der Waals surface area contributed by atoms with Crippen molar-refractivity contribution in [3.8, 4) is 0 Å². The summed E-state index contributed by atoms with van der Waals surface area (Å²) < 4.78 is 142. The lowest BCUT2D eigenvalue weighted by atomic mass is 10.0. The Bertz CT molecular complexity index is 1200. The minimum absolute atomic E-state index is 0.145. The minimum atomic E-state index is -5.16. The first-order chi connectivity index (χ1) is 13.8. The van der Waals surface area contributed by atoms with Gasteiger partial charge >= 0.3 is 0 Å². The van der Waals surface area contributed by atoms with Gasteiger partial charge in [0.05, 0.1) is 11.1 Å². The molecular formula is C16H6F6O6S2. The zero-order valence-corrected chi connectivity index (χ0v) is 15.6. The Morgan fingerprint density at radius 1 is 0.567 bits per heavy atom. The highest BCUT2D eigenvalue weighted by molar-refractivity contribution is 7.96. The molecule has 6 nitrogen and oxygen atoms in total. The van der Waals surface area contributed by atoms with Gasteiger partial charge < -0.3 is 0 Å². The molecule has 14 heteroatoms. The van der Waals surface area contributed by atoms with Crippen molar-refractivity contribution in [3.05, 3.63) is 80.1 Å². The van der Waals surface area contributed by atoms with E-state index < -0.39 is 88.3 Å². The van der Waals surface area contributed by atoms with Gasteiger partial charge in [-0.25, -0.2) is 26.3 Å². The molecule has 0 aromatic heterocycles. The van der Waals surface area contributed by atoms with Gasteiger partial charge in [-0.3, -0.25) is 8.37 Å². The molecule has 0 amide bonds. The van der Waals surface area contributed by atoms with Crippen LogP contribution in [0.4, 0.5) is 26.3 Å². The Morgan fingerprint density at radius 2 is 0.833 bits per heavy atom. The average molecular weight is 472 g/mol. The van der Waals surface area contributed by atoms with E-state index in [9.17, 15) is 43.2 Å². The van der Waals surface area contributed by atoms with Crippen LogP contribution in [0, 0.1) is 34.9 Å². The van der Waals surface area contributed by atoms with E-state index in [-0.39, 0.29) is 24.3 Å². The lowest BCUT2D eigenvalue weighted by Gasteiger charge is -2.17. The van der Waals surface area contributed by atoms with Gasteiger partial charge in [-0.05, 0) is 0 Å². The molecule has 2 aliphatic rings. The second-order valence-corrected chi connectivity index (χ2v) is 9.24. The second-order valence-electron chi connectivity index (χ2n) is 6.16. The number of rotatable bonds is 2. The summed E-state index contributed by atoms with van der Waals surface area (Å²) in [5.41, 5.74) is -2.56. The quantitative estimate of drug-likeness (QED) is 0.493. The molecule has 0 N–H and O–H groups in total. The summed E-state index contributed by atoms with van der Waals surface area (Å²) >= 11 is 0. The Labute approximate surface area is 164 Å². The molecule has 4 rings (SSSR count). The molecule has 30 heavy (non-hydrogen) atoms. The van der Waals surface area contributed by atoms with Crippen LogP contribution in [0.5, 0.6) is 0 Å². The van der Waals surface area contributed by atoms with E-state index in [2.05, 4.69) is 8.37 Å². The van der Waals surface area contributed by atoms with Crippen LogP contribution in [0.15, 0.2) is 34.1 Å². The first-order valence-electron chi connectivity index (χ1n) is 7.73. The Hall–Kier alpha value is -2.42. The van der Waals surface area contributed by atoms with Crippen LogP contribution in [-0.2, 0) is 28.6 Å². The topological polar surface area (TPSA) is 86.7 Å². The van der Waals surface area contributed by atoms with E-state index in [1.165, 1.54) is 0 Å². The first kappa shape index (κ1) is 20.8. The van der Waals surface area contributed by atoms with Crippen LogP contribution in [0.25, 0.3) is 0 Å². The van der Waals surface area contributed by atoms with Crippen molar-refractivity contribution in [3.63, 3.8) is 0 Å². The van der Waals surface area contributed by atoms with Gasteiger partial charge in [0.2, 0.25) is 0 Å². The van der Waals surface area contributed by atoms with E-state index in [1.807, 2.05) is 0 Å². The summed E-state index contributed by atoms with van der Waals surface area (Å²) in [6.07, 6.45) is -4.96.